The van der Waals surface area contributed by atoms with Crippen LogP contribution in [0, 0.1) is 6.92 Å². The van der Waals surface area contributed by atoms with E-state index in [0.717, 1.165) is 0 Å². The van der Waals surface area contributed by atoms with Crippen molar-refractivity contribution < 1.29 is 23.5 Å². The maximum atomic E-state index is 11.8. The third-order valence-corrected chi connectivity index (χ3v) is 2.98. The van der Waals surface area contributed by atoms with E-state index in [1.54, 1.807) is 31.2 Å². The Morgan fingerprint density at radius 2 is 2.00 bits per heavy atom. The van der Waals surface area contributed by atoms with Gasteiger partial charge in [0.15, 0.2) is 0 Å². The lowest BCUT2D eigenvalue weighted by molar-refractivity contribution is 0.0438. The molecule has 0 aliphatic heterocycles. The molecule has 0 saturated heterocycles. The number of rotatable bonds is 4. The molecule has 2 rings (SSSR count). The monoisotopic (exact) mass is 308 g/mol. The van der Waals surface area contributed by atoms with E-state index in [9.17, 15) is 9.59 Å². The molecule has 1 aromatic carbocycles. The number of methoxy groups -OCH3 is 1. The average Bonchev–Trinajstić information content (AvgIpc) is 2.85. The lowest BCUT2D eigenvalue weighted by Gasteiger charge is -2.03. The van der Waals surface area contributed by atoms with Crippen molar-refractivity contribution in [1.29, 1.82) is 0 Å². The van der Waals surface area contributed by atoms with Crippen LogP contribution in [-0.2, 0) is 16.1 Å². The van der Waals surface area contributed by atoms with Gasteiger partial charge in [-0.2, -0.15) is 0 Å². The fourth-order valence-electron chi connectivity index (χ4n) is 1.75. The molecule has 2 aromatic rings. The lowest BCUT2D eigenvalue weighted by Crippen LogP contribution is -2.04. The van der Waals surface area contributed by atoms with Crippen molar-refractivity contribution in [1.82, 2.24) is 0 Å². The Labute approximate surface area is 126 Å². The van der Waals surface area contributed by atoms with E-state index in [1.807, 2.05) is 0 Å². The van der Waals surface area contributed by atoms with Gasteiger partial charge in [-0.05, 0) is 31.2 Å². The van der Waals surface area contributed by atoms with Gasteiger partial charge in [0.05, 0.1) is 12.7 Å². The van der Waals surface area contributed by atoms with Gasteiger partial charge in [-0.1, -0.05) is 17.7 Å². The van der Waals surface area contributed by atoms with Crippen LogP contribution in [0.15, 0.2) is 34.7 Å². The van der Waals surface area contributed by atoms with Crippen LogP contribution in [-0.4, -0.2) is 19.0 Å². The molecule has 0 bridgehead atoms. The van der Waals surface area contributed by atoms with Crippen LogP contribution in [0.5, 0.6) is 0 Å². The number of carbonyl (C=O) groups excluding carboxylic acids is 2. The first-order chi connectivity index (χ1) is 10.0. The predicted octanol–water partition coefficient (Wildman–Crippen LogP) is 3.39. The zero-order valence-electron chi connectivity index (χ0n) is 11.5. The van der Waals surface area contributed by atoms with Crippen molar-refractivity contribution in [3.05, 3.63) is 58.0 Å². The van der Waals surface area contributed by atoms with Gasteiger partial charge in [0.2, 0.25) is 5.76 Å². The molecular formula is C15H13ClO5. The summed E-state index contributed by atoms with van der Waals surface area (Å²) in [6.45, 7) is 1.63. The zero-order chi connectivity index (χ0) is 15.4. The summed E-state index contributed by atoms with van der Waals surface area (Å²) in [6, 6.07) is 8.05. The molecule has 6 heteroatoms. The lowest BCUT2D eigenvalue weighted by atomic mass is 10.2. The SMILES string of the molecule is COC(=O)c1oc(COC(=O)c2cccc(Cl)c2)cc1C. The van der Waals surface area contributed by atoms with Crippen molar-refractivity contribution in [3.8, 4) is 0 Å². The van der Waals surface area contributed by atoms with E-state index in [2.05, 4.69) is 4.74 Å². The number of esters is 2. The largest absolute Gasteiger partial charge is 0.463 e. The molecule has 0 amide bonds. The summed E-state index contributed by atoms with van der Waals surface area (Å²) in [6.07, 6.45) is 0. The van der Waals surface area contributed by atoms with E-state index in [4.69, 9.17) is 20.8 Å². The van der Waals surface area contributed by atoms with Crippen LogP contribution < -0.4 is 0 Å². The Morgan fingerprint density at radius 3 is 2.67 bits per heavy atom. The molecule has 0 radical (unpaired) electrons. The highest BCUT2D eigenvalue weighted by Crippen LogP contribution is 2.17. The predicted molar refractivity (Wildman–Crippen MR) is 75.4 cm³/mol. The summed E-state index contributed by atoms with van der Waals surface area (Å²) in [5.41, 5.74) is 0.967. The summed E-state index contributed by atoms with van der Waals surface area (Å²) < 4.78 is 15.0. The topological polar surface area (TPSA) is 65.7 Å². The fraction of sp³-hybridized carbons (Fsp3) is 0.200. The standard InChI is InChI=1S/C15H13ClO5/c1-9-6-12(21-13(9)15(18)19-2)8-20-14(17)10-4-3-5-11(16)7-10/h3-7H,8H2,1-2H3. The number of hydrogen-bond acceptors (Lipinski definition) is 5. The second kappa shape index (κ2) is 6.45. The Balaban J connectivity index is 2.03. The maximum absolute atomic E-state index is 11.8. The first-order valence-corrected chi connectivity index (χ1v) is 6.49. The Hall–Kier alpha value is -2.27. The van der Waals surface area contributed by atoms with Gasteiger partial charge < -0.3 is 13.9 Å². The molecule has 0 spiro atoms. The molecule has 1 heterocycles. The van der Waals surface area contributed by atoms with E-state index in [-0.39, 0.29) is 12.4 Å². The first kappa shape index (κ1) is 15.1. The Morgan fingerprint density at radius 1 is 1.24 bits per heavy atom. The summed E-state index contributed by atoms with van der Waals surface area (Å²) in [5, 5.41) is 0.450. The molecular weight excluding hydrogens is 296 g/mol. The number of ether oxygens (including phenoxy) is 2. The van der Waals surface area contributed by atoms with Gasteiger partial charge in [-0.3, -0.25) is 0 Å². The first-order valence-electron chi connectivity index (χ1n) is 6.11. The second-order valence-electron chi connectivity index (χ2n) is 4.30. The summed E-state index contributed by atoms with van der Waals surface area (Å²) in [4.78, 5) is 23.2. The Kier molecular flexibility index (Phi) is 4.65. The minimum atomic E-state index is -0.570. The summed E-state index contributed by atoms with van der Waals surface area (Å²) >= 11 is 5.80. The highest BCUT2D eigenvalue weighted by atomic mass is 35.5. The van der Waals surface area contributed by atoms with Gasteiger partial charge in [0, 0.05) is 10.6 Å². The van der Waals surface area contributed by atoms with E-state index < -0.39 is 11.9 Å². The normalized spacial score (nSPS) is 10.2. The number of benzene rings is 1. The third kappa shape index (κ3) is 3.64. The molecule has 0 fully saturated rings. The van der Waals surface area contributed by atoms with E-state index in [1.165, 1.54) is 13.2 Å². The molecule has 21 heavy (non-hydrogen) atoms. The zero-order valence-corrected chi connectivity index (χ0v) is 12.3. The molecule has 0 N–H and O–H groups in total. The summed E-state index contributed by atoms with van der Waals surface area (Å²) in [5.74, 6) is -0.624. The maximum Gasteiger partial charge on any atom is 0.374 e. The van der Waals surface area contributed by atoms with Crippen LogP contribution in [0.25, 0.3) is 0 Å². The minimum Gasteiger partial charge on any atom is -0.463 e. The highest BCUT2D eigenvalue weighted by molar-refractivity contribution is 6.30. The van der Waals surface area contributed by atoms with Crippen molar-refractivity contribution in [3.63, 3.8) is 0 Å². The number of aryl methyl sites for hydroxylation is 1. The van der Waals surface area contributed by atoms with Gasteiger partial charge in [-0.25, -0.2) is 9.59 Å². The number of carbonyl (C=O) groups is 2. The molecule has 0 aliphatic carbocycles. The Bertz CT molecular complexity index is 674. The highest BCUT2D eigenvalue weighted by Gasteiger charge is 2.17. The molecule has 0 atom stereocenters. The molecule has 0 unspecified atom stereocenters. The number of furan rings is 1. The van der Waals surface area contributed by atoms with E-state index >= 15 is 0 Å². The summed E-state index contributed by atoms with van der Waals surface area (Å²) in [7, 11) is 1.27. The molecule has 0 aliphatic rings. The third-order valence-electron chi connectivity index (χ3n) is 2.75. The van der Waals surface area contributed by atoms with Crippen LogP contribution in [0.4, 0.5) is 0 Å². The second-order valence-corrected chi connectivity index (χ2v) is 4.74. The molecule has 5 nitrogen and oxygen atoms in total. The van der Waals surface area contributed by atoms with Crippen LogP contribution >= 0.6 is 11.6 Å². The molecule has 0 saturated carbocycles. The fourth-order valence-corrected chi connectivity index (χ4v) is 1.94. The van der Waals surface area contributed by atoms with Crippen LogP contribution in [0.2, 0.25) is 5.02 Å². The van der Waals surface area contributed by atoms with Crippen molar-refractivity contribution >= 4 is 23.5 Å². The van der Waals surface area contributed by atoms with Gasteiger partial charge in [0.25, 0.3) is 0 Å². The van der Waals surface area contributed by atoms with E-state index in [0.29, 0.717) is 21.9 Å². The van der Waals surface area contributed by atoms with Gasteiger partial charge in [0.1, 0.15) is 12.4 Å². The quantitative estimate of drug-likeness (QED) is 0.810. The average molecular weight is 309 g/mol. The van der Waals surface area contributed by atoms with Crippen molar-refractivity contribution in [2.45, 2.75) is 13.5 Å². The van der Waals surface area contributed by atoms with Gasteiger partial charge in [-0.15, -0.1) is 0 Å². The smallest absolute Gasteiger partial charge is 0.374 e. The van der Waals surface area contributed by atoms with Crippen molar-refractivity contribution in [2.75, 3.05) is 7.11 Å². The minimum absolute atomic E-state index is 0.0802. The van der Waals surface area contributed by atoms with Crippen LogP contribution in [0.1, 0.15) is 32.2 Å². The van der Waals surface area contributed by atoms with Crippen molar-refractivity contribution in [2.24, 2.45) is 0 Å². The molecule has 1 aromatic heterocycles. The molecule has 110 valence electrons. The van der Waals surface area contributed by atoms with Crippen LogP contribution in [0.3, 0.4) is 0 Å². The van der Waals surface area contributed by atoms with Gasteiger partial charge >= 0.3 is 11.9 Å². The number of halogens is 1. The number of hydrogen-bond donors (Lipinski definition) is 0.